The standard InChI is InChI=1S/C25H22F3N5O4S/c1-3-7-33-11-17(23(35)36)21(34)14-6-5-13(8-18(14)33)16-10-30-20(32-24(37)29-4-2)9-15(16)22-31-19(12-38-22)25(26,27)28/h5-6,8-12H,3-4,7H2,1-2H3,(H,35,36)(H2,29,30,32,37). The number of aromatic carboxylic acids is 1. The van der Waals surface area contributed by atoms with Gasteiger partial charge in [-0.3, -0.25) is 10.1 Å². The van der Waals surface area contributed by atoms with E-state index in [0.717, 1.165) is 16.7 Å². The Kier molecular flexibility index (Phi) is 7.49. The molecular weight excluding hydrogens is 523 g/mol. The molecule has 198 valence electrons. The van der Waals surface area contributed by atoms with E-state index in [4.69, 9.17) is 0 Å². The molecule has 4 rings (SSSR count). The SMILES string of the molecule is CCCn1cc(C(=O)O)c(=O)c2ccc(-c3cnc(NC(=O)NCC)cc3-c3nc(C(F)(F)F)cs3)cc21. The molecule has 1 aromatic carbocycles. The largest absolute Gasteiger partial charge is 0.477 e. The minimum atomic E-state index is -4.63. The van der Waals surface area contributed by atoms with Crippen molar-refractivity contribution in [1.29, 1.82) is 0 Å². The molecule has 0 unspecified atom stereocenters. The number of aromatic nitrogens is 3. The van der Waals surface area contributed by atoms with Crippen LogP contribution in [0.5, 0.6) is 0 Å². The van der Waals surface area contributed by atoms with Gasteiger partial charge in [-0.2, -0.15) is 13.2 Å². The van der Waals surface area contributed by atoms with E-state index in [1.807, 2.05) is 6.92 Å². The van der Waals surface area contributed by atoms with Gasteiger partial charge in [0.15, 0.2) is 5.69 Å². The summed E-state index contributed by atoms with van der Waals surface area (Å²) in [6.45, 7) is 4.42. The number of fused-ring (bicyclic) bond motifs is 1. The summed E-state index contributed by atoms with van der Waals surface area (Å²) in [7, 11) is 0. The van der Waals surface area contributed by atoms with Crippen molar-refractivity contribution in [3.63, 3.8) is 0 Å². The van der Waals surface area contributed by atoms with Crippen molar-refractivity contribution >= 4 is 40.1 Å². The molecule has 0 atom stereocenters. The molecule has 0 radical (unpaired) electrons. The number of carboxylic acid groups (broad SMARTS) is 1. The van der Waals surface area contributed by atoms with E-state index in [-0.39, 0.29) is 27.3 Å². The van der Waals surface area contributed by atoms with Crippen molar-refractivity contribution in [3.8, 4) is 21.7 Å². The highest BCUT2D eigenvalue weighted by molar-refractivity contribution is 7.13. The Bertz CT molecular complexity index is 1600. The lowest BCUT2D eigenvalue weighted by Crippen LogP contribution is -2.28. The summed E-state index contributed by atoms with van der Waals surface area (Å²) in [4.78, 5) is 44.4. The molecule has 3 aromatic heterocycles. The van der Waals surface area contributed by atoms with Crippen LogP contribution in [-0.4, -0.2) is 38.2 Å². The lowest BCUT2D eigenvalue weighted by Gasteiger charge is -2.15. The lowest BCUT2D eigenvalue weighted by atomic mass is 9.99. The number of urea groups is 1. The quantitative estimate of drug-likeness (QED) is 0.283. The third-order valence-electron chi connectivity index (χ3n) is 5.60. The summed E-state index contributed by atoms with van der Waals surface area (Å²) in [6.07, 6.45) is -1.28. The number of carboxylic acids is 1. The number of halogens is 3. The van der Waals surface area contributed by atoms with Crippen molar-refractivity contribution in [1.82, 2.24) is 19.9 Å². The van der Waals surface area contributed by atoms with Crippen LogP contribution in [0.25, 0.3) is 32.6 Å². The molecule has 38 heavy (non-hydrogen) atoms. The number of nitrogens with one attached hydrogen (secondary N) is 2. The lowest BCUT2D eigenvalue weighted by molar-refractivity contribution is -0.140. The van der Waals surface area contributed by atoms with Crippen LogP contribution in [-0.2, 0) is 12.7 Å². The number of hydrogen-bond donors (Lipinski definition) is 3. The predicted molar refractivity (Wildman–Crippen MR) is 137 cm³/mol. The van der Waals surface area contributed by atoms with E-state index in [1.54, 1.807) is 23.6 Å². The first-order valence-electron chi connectivity index (χ1n) is 11.5. The number of carbonyl (C=O) groups is 2. The van der Waals surface area contributed by atoms with E-state index in [9.17, 15) is 32.7 Å². The van der Waals surface area contributed by atoms with Crippen molar-refractivity contribution in [3.05, 3.63) is 63.5 Å². The number of aryl methyl sites for hydroxylation is 1. The van der Waals surface area contributed by atoms with Gasteiger partial charge in [-0.05, 0) is 37.1 Å². The number of rotatable bonds is 7. The van der Waals surface area contributed by atoms with Gasteiger partial charge in [0.05, 0.1) is 5.52 Å². The molecule has 0 bridgehead atoms. The number of carbonyl (C=O) groups excluding carboxylic acids is 1. The number of thiazole rings is 1. The maximum absolute atomic E-state index is 13.3. The second-order valence-corrected chi connectivity index (χ2v) is 9.10. The highest BCUT2D eigenvalue weighted by Crippen LogP contribution is 2.39. The van der Waals surface area contributed by atoms with Crippen LogP contribution in [0.2, 0.25) is 0 Å². The Labute approximate surface area is 218 Å². The Hall–Kier alpha value is -4.26. The van der Waals surface area contributed by atoms with E-state index in [1.165, 1.54) is 24.5 Å². The van der Waals surface area contributed by atoms with Crippen molar-refractivity contribution in [2.45, 2.75) is 33.0 Å². The summed E-state index contributed by atoms with van der Waals surface area (Å²) < 4.78 is 41.5. The maximum Gasteiger partial charge on any atom is 0.434 e. The van der Waals surface area contributed by atoms with Crippen molar-refractivity contribution in [2.24, 2.45) is 0 Å². The fraction of sp³-hybridized carbons (Fsp3) is 0.240. The van der Waals surface area contributed by atoms with Crippen LogP contribution in [0.3, 0.4) is 0 Å². The molecule has 2 amide bonds. The van der Waals surface area contributed by atoms with Crippen LogP contribution in [0.15, 0.2) is 46.8 Å². The van der Waals surface area contributed by atoms with Crippen LogP contribution in [0.1, 0.15) is 36.3 Å². The fourth-order valence-corrected chi connectivity index (χ4v) is 4.77. The number of nitrogens with zero attached hydrogens (tertiary/aromatic N) is 3. The zero-order valence-electron chi connectivity index (χ0n) is 20.2. The molecule has 4 aromatic rings. The third kappa shape index (κ3) is 5.37. The smallest absolute Gasteiger partial charge is 0.434 e. The summed E-state index contributed by atoms with van der Waals surface area (Å²) in [5, 5.41) is 15.7. The van der Waals surface area contributed by atoms with Gasteiger partial charge in [0.2, 0.25) is 5.43 Å². The van der Waals surface area contributed by atoms with E-state index >= 15 is 0 Å². The van der Waals surface area contributed by atoms with E-state index in [2.05, 4.69) is 20.6 Å². The van der Waals surface area contributed by atoms with Gasteiger partial charge >= 0.3 is 18.2 Å². The molecule has 13 heteroatoms. The predicted octanol–water partition coefficient (Wildman–Crippen LogP) is 5.46. The van der Waals surface area contributed by atoms with Crippen molar-refractivity contribution in [2.75, 3.05) is 11.9 Å². The number of benzene rings is 1. The van der Waals surface area contributed by atoms with Gasteiger partial charge in [-0.1, -0.05) is 13.0 Å². The maximum atomic E-state index is 13.3. The van der Waals surface area contributed by atoms with Crippen LogP contribution in [0, 0.1) is 0 Å². The highest BCUT2D eigenvalue weighted by Gasteiger charge is 2.34. The average Bonchev–Trinajstić information content (AvgIpc) is 3.36. The molecule has 9 nitrogen and oxygen atoms in total. The highest BCUT2D eigenvalue weighted by atomic mass is 32.1. The summed E-state index contributed by atoms with van der Waals surface area (Å²) in [6, 6.07) is 5.62. The summed E-state index contributed by atoms with van der Waals surface area (Å²) >= 11 is 0.791. The van der Waals surface area contributed by atoms with Crippen LogP contribution >= 0.6 is 11.3 Å². The topological polar surface area (TPSA) is 126 Å². The molecule has 0 fully saturated rings. The number of hydrogen-bond acceptors (Lipinski definition) is 6. The Balaban J connectivity index is 1.92. The number of anilines is 1. The molecule has 0 saturated carbocycles. The van der Waals surface area contributed by atoms with Gasteiger partial charge in [0.1, 0.15) is 16.4 Å². The molecular formula is C25H22F3N5O4S. The van der Waals surface area contributed by atoms with Gasteiger partial charge in [0, 0.05) is 47.4 Å². The van der Waals surface area contributed by atoms with Gasteiger partial charge in [-0.15, -0.1) is 11.3 Å². The Morgan fingerprint density at radius 3 is 2.55 bits per heavy atom. The second kappa shape index (κ2) is 10.6. The zero-order chi connectivity index (χ0) is 27.6. The molecule has 3 N–H and O–H groups in total. The van der Waals surface area contributed by atoms with Crippen molar-refractivity contribution < 1.29 is 27.9 Å². The first kappa shape index (κ1) is 26.8. The Morgan fingerprint density at radius 1 is 1.16 bits per heavy atom. The summed E-state index contributed by atoms with van der Waals surface area (Å²) in [5.74, 6) is -1.23. The number of alkyl halides is 3. The zero-order valence-corrected chi connectivity index (χ0v) is 21.0. The molecule has 0 spiro atoms. The number of pyridine rings is 2. The average molecular weight is 546 g/mol. The first-order chi connectivity index (χ1) is 18.0. The summed E-state index contributed by atoms with van der Waals surface area (Å²) in [5.41, 5.74) is -0.363. The molecule has 0 aliphatic heterocycles. The monoisotopic (exact) mass is 545 g/mol. The first-order valence-corrected chi connectivity index (χ1v) is 12.4. The molecule has 0 aliphatic rings. The van der Waals surface area contributed by atoms with E-state index in [0.29, 0.717) is 36.2 Å². The minimum absolute atomic E-state index is 0.0564. The molecule has 3 heterocycles. The molecule has 0 saturated heterocycles. The van der Waals surface area contributed by atoms with Gasteiger partial charge in [-0.25, -0.2) is 19.6 Å². The van der Waals surface area contributed by atoms with Crippen LogP contribution < -0.4 is 16.1 Å². The van der Waals surface area contributed by atoms with Crippen LogP contribution in [0.4, 0.5) is 23.8 Å². The molecule has 0 aliphatic carbocycles. The normalized spacial score (nSPS) is 11.5. The second-order valence-electron chi connectivity index (χ2n) is 8.24. The Morgan fingerprint density at radius 2 is 1.92 bits per heavy atom. The van der Waals surface area contributed by atoms with E-state index < -0.39 is 29.3 Å². The van der Waals surface area contributed by atoms with Gasteiger partial charge in [0.25, 0.3) is 0 Å². The fourth-order valence-electron chi connectivity index (χ4n) is 3.92. The number of amides is 2. The minimum Gasteiger partial charge on any atom is -0.477 e. The third-order valence-corrected chi connectivity index (χ3v) is 6.47. The van der Waals surface area contributed by atoms with Gasteiger partial charge < -0.3 is 15.0 Å².